The quantitative estimate of drug-likeness (QED) is 0.703. The van der Waals surface area contributed by atoms with E-state index in [0.717, 1.165) is 12.6 Å². The van der Waals surface area contributed by atoms with Crippen LogP contribution in [0.15, 0.2) is 0 Å². The highest BCUT2D eigenvalue weighted by molar-refractivity contribution is 5.14. The third-order valence-electron chi connectivity index (χ3n) is 4.17. The first kappa shape index (κ1) is 9.47. The zero-order valence-corrected chi connectivity index (χ0v) is 9.17. The molecule has 2 heteroatoms. The number of hydrogen-bond donors (Lipinski definition) is 1. The van der Waals surface area contributed by atoms with Crippen molar-refractivity contribution in [3.8, 4) is 0 Å². The lowest BCUT2D eigenvalue weighted by Gasteiger charge is -2.46. The van der Waals surface area contributed by atoms with Crippen molar-refractivity contribution in [2.24, 2.45) is 5.41 Å². The SMILES string of the molecule is CC(C)N1CC2(C(C)(C)O)CC1C2. The van der Waals surface area contributed by atoms with Gasteiger partial charge in [-0.05, 0) is 40.5 Å². The minimum absolute atomic E-state index is 0.210. The molecule has 0 unspecified atom stereocenters. The van der Waals surface area contributed by atoms with Crippen LogP contribution in [0.25, 0.3) is 0 Å². The lowest BCUT2D eigenvalue weighted by molar-refractivity contribution is -0.0756. The molecule has 13 heavy (non-hydrogen) atoms. The molecule has 3 rings (SSSR count). The summed E-state index contributed by atoms with van der Waals surface area (Å²) < 4.78 is 0. The predicted octanol–water partition coefficient (Wildman–Crippen LogP) is 1.63. The molecule has 2 nitrogen and oxygen atoms in total. The summed E-state index contributed by atoms with van der Waals surface area (Å²) in [4.78, 5) is 2.54. The predicted molar refractivity (Wildman–Crippen MR) is 53.6 cm³/mol. The fourth-order valence-electron chi connectivity index (χ4n) is 2.98. The van der Waals surface area contributed by atoms with E-state index >= 15 is 0 Å². The van der Waals surface area contributed by atoms with Crippen LogP contribution >= 0.6 is 0 Å². The van der Waals surface area contributed by atoms with Gasteiger partial charge in [-0.1, -0.05) is 0 Å². The van der Waals surface area contributed by atoms with Gasteiger partial charge in [0.2, 0.25) is 0 Å². The lowest BCUT2D eigenvalue weighted by atomic mass is 9.61. The number of hydrogen-bond acceptors (Lipinski definition) is 2. The molecule has 3 aliphatic rings. The van der Waals surface area contributed by atoms with Gasteiger partial charge in [-0.2, -0.15) is 0 Å². The molecule has 1 saturated carbocycles. The molecule has 0 aromatic rings. The third-order valence-corrected chi connectivity index (χ3v) is 4.17. The second kappa shape index (κ2) is 2.48. The van der Waals surface area contributed by atoms with Gasteiger partial charge < -0.3 is 5.11 Å². The number of rotatable bonds is 2. The standard InChI is InChI=1S/C11H21NO/c1-8(2)12-7-11(10(3,4)13)5-9(12)6-11/h8-9,13H,5-7H2,1-4H3. The summed E-state index contributed by atoms with van der Waals surface area (Å²) in [5.41, 5.74) is -0.283. The van der Waals surface area contributed by atoms with Crippen LogP contribution in [-0.2, 0) is 0 Å². The minimum atomic E-state index is -0.493. The first-order valence-corrected chi connectivity index (χ1v) is 5.34. The summed E-state index contributed by atoms with van der Waals surface area (Å²) in [7, 11) is 0. The molecule has 0 amide bonds. The molecule has 2 heterocycles. The van der Waals surface area contributed by atoms with Crippen LogP contribution in [0.5, 0.6) is 0 Å². The van der Waals surface area contributed by atoms with Crippen LogP contribution in [0.1, 0.15) is 40.5 Å². The summed E-state index contributed by atoms with van der Waals surface area (Å²) in [5.74, 6) is 0. The van der Waals surface area contributed by atoms with Crippen molar-refractivity contribution in [1.29, 1.82) is 0 Å². The largest absolute Gasteiger partial charge is 0.390 e. The molecule has 0 aromatic heterocycles. The Hall–Kier alpha value is -0.0800. The Morgan fingerprint density at radius 2 is 1.92 bits per heavy atom. The van der Waals surface area contributed by atoms with Gasteiger partial charge in [-0.15, -0.1) is 0 Å². The maximum absolute atomic E-state index is 10.1. The van der Waals surface area contributed by atoms with Crippen LogP contribution in [0, 0.1) is 5.41 Å². The third kappa shape index (κ3) is 1.15. The van der Waals surface area contributed by atoms with Gasteiger partial charge in [0.1, 0.15) is 0 Å². The smallest absolute Gasteiger partial charge is 0.0661 e. The molecule has 2 bridgehead atoms. The van der Waals surface area contributed by atoms with Crippen molar-refractivity contribution in [2.75, 3.05) is 6.54 Å². The molecule has 76 valence electrons. The van der Waals surface area contributed by atoms with Crippen LogP contribution in [0.4, 0.5) is 0 Å². The Labute approximate surface area is 80.9 Å². The number of aliphatic hydroxyl groups is 1. The summed E-state index contributed by atoms with van der Waals surface area (Å²) in [5, 5.41) is 10.1. The highest BCUT2D eigenvalue weighted by atomic mass is 16.3. The summed E-state index contributed by atoms with van der Waals surface area (Å²) in [6, 6.07) is 1.39. The molecule has 1 N–H and O–H groups in total. The van der Waals surface area contributed by atoms with Crippen LogP contribution in [0.2, 0.25) is 0 Å². The molecule has 2 saturated heterocycles. The van der Waals surface area contributed by atoms with E-state index in [2.05, 4.69) is 18.7 Å². The maximum atomic E-state index is 10.1. The van der Waals surface area contributed by atoms with E-state index in [-0.39, 0.29) is 5.41 Å². The second-order valence-corrected chi connectivity index (χ2v) is 5.67. The minimum Gasteiger partial charge on any atom is -0.390 e. The molecule has 2 aliphatic heterocycles. The molecule has 0 atom stereocenters. The van der Waals surface area contributed by atoms with E-state index in [4.69, 9.17) is 0 Å². The van der Waals surface area contributed by atoms with Crippen molar-refractivity contribution < 1.29 is 5.11 Å². The summed E-state index contributed by atoms with van der Waals surface area (Å²) in [6.45, 7) is 9.52. The first-order chi connectivity index (χ1) is 5.86. The van der Waals surface area contributed by atoms with Crippen molar-refractivity contribution >= 4 is 0 Å². The average molecular weight is 183 g/mol. The van der Waals surface area contributed by atoms with E-state index in [1.807, 2.05) is 13.8 Å². The van der Waals surface area contributed by atoms with Crippen molar-refractivity contribution in [1.82, 2.24) is 4.90 Å². The Bertz CT molecular complexity index is 211. The van der Waals surface area contributed by atoms with Gasteiger partial charge in [0, 0.05) is 24.0 Å². The number of nitrogens with zero attached hydrogens (tertiary/aromatic N) is 1. The van der Waals surface area contributed by atoms with Gasteiger partial charge in [-0.25, -0.2) is 0 Å². The van der Waals surface area contributed by atoms with Crippen LogP contribution < -0.4 is 0 Å². The molecule has 3 fully saturated rings. The van der Waals surface area contributed by atoms with Gasteiger partial charge >= 0.3 is 0 Å². The zero-order chi connectivity index (χ0) is 9.85. The Morgan fingerprint density at radius 3 is 2.15 bits per heavy atom. The lowest BCUT2D eigenvalue weighted by Crippen LogP contribution is -2.50. The fourth-order valence-corrected chi connectivity index (χ4v) is 2.98. The summed E-state index contributed by atoms with van der Waals surface area (Å²) in [6.07, 6.45) is 2.41. The Morgan fingerprint density at radius 1 is 1.38 bits per heavy atom. The summed E-state index contributed by atoms with van der Waals surface area (Å²) >= 11 is 0. The van der Waals surface area contributed by atoms with E-state index < -0.39 is 5.60 Å². The van der Waals surface area contributed by atoms with E-state index in [0.29, 0.717) is 6.04 Å². The van der Waals surface area contributed by atoms with Crippen molar-refractivity contribution in [3.63, 3.8) is 0 Å². The van der Waals surface area contributed by atoms with E-state index in [1.165, 1.54) is 12.8 Å². The normalized spacial score (nSPS) is 39.7. The van der Waals surface area contributed by atoms with Crippen LogP contribution in [0.3, 0.4) is 0 Å². The average Bonchev–Trinajstić information content (AvgIpc) is 2.33. The molecule has 0 radical (unpaired) electrons. The van der Waals surface area contributed by atoms with Gasteiger partial charge in [0.25, 0.3) is 0 Å². The fraction of sp³-hybridized carbons (Fsp3) is 1.00. The highest BCUT2D eigenvalue weighted by Gasteiger charge is 2.61. The first-order valence-electron chi connectivity index (χ1n) is 5.34. The molecule has 0 spiro atoms. The van der Waals surface area contributed by atoms with Gasteiger partial charge in [0.05, 0.1) is 5.60 Å². The second-order valence-electron chi connectivity index (χ2n) is 5.67. The van der Waals surface area contributed by atoms with E-state index in [9.17, 15) is 5.11 Å². The van der Waals surface area contributed by atoms with Gasteiger partial charge in [-0.3, -0.25) is 4.90 Å². The highest BCUT2D eigenvalue weighted by Crippen LogP contribution is 2.58. The van der Waals surface area contributed by atoms with Crippen molar-refractivity contribution in [2.45, 2.75) is 58.2 Å². The maximum Gasteiger partial charge on any atom is 0.0661 e. The van der Waals surface area contributed by atoms with Crippen LogP contribution in [-0.4, -0.2) is 34.2 Å². The van der Waals surface area contributed by atoms with Crippen molar-refractivity contribution in [3.05, 3.63) is 0 Å². The Balaban J connectivity index is 2.11. The topological polar surface area (TPSA) is 23.5 Å². The van der Waals surface area contributed by atoms with Gasteiger partial charge in [0.15, 0.2) is 0 Å². The molecule has 1 aliphatic carbocycles. The molecular weight excluding hydrogens is 162 g/mol. The van der Waals surface area contributed by atoms with E-state index in [1.54, 1.807) is 0 Å². The number of fused-ring (bicyclic) bond motifs is 1. The molecular formula is C11H21NO. The molecule has 0 aromatic carbocycles. The zero-order valence-electron chi connectivity index (χ0n) is 9.17. The monoisotopic (exact) mass is 183 g/mol. The Kier molecular flexibility index (Phi) is 1.81.